The van der Waals surface area contributed by atoms with E-state index in [9.17, 15) is 29.4 Å². The molecule has 0 bridgehead atoms. The van der Waals surface area contributed by atoms with Gasteiger partial charge in [0.25, 0.3) is 17.7 Å². The van der Waals surface area contributed by atoms with Crippen LogP contribution in [-0.2, 0) is 19.2 Å². The zero-order chi connectivity index (χ0) is 92.5. The van der Waals surface area contributed by atoms with Gasteiger partial charge < -0.3 is 78.9 Å². The molecule has 678 valence electrons. The number of nitrogens with zero attached hydrogens (tertiary/aromatic N) is 13. The van der Waals surface area contributed by atoms with Crippen LogP contribution >= 0.6 is 46.4 Å². The van der Waals surface area contributed by atoms with E-state index in [-0.39, 0.29) is 47.7 Å². The van der Waals surface area contributed by atoms with Crippen molar-refractivity contribution >= 4 is 186 Å². The molecule has 18 rings (SSSR count). The van der Waals surface area contributed by atoms with E-state index in [0.717, 1.165) is 94.7 Å². The minimum Gasteiger partial charge on any atom is -0.396 e. The highest BCUT2D eigenvalue weighted by Gasteiger charge is 2.35. The molecule has 2 atom stereocenters. The Morgan fingerprint density at radius 3 is 1.18 bits per heavy atom. The van der Waals surface area contributed by atoms with Gasteiger partial charge in [0.15, 0.2) is 22.6 Å². The SMILES string of the molecule is C=C1C/C(=C\c2cnn3c(NCC(C(C)C)N(C)C)cc(Nc4cccc(Cl)c4)nc23)C(=O)N1.C=C1C/C(=C\c2cnn3c(NCC(C)(C)CO)cc(Nc4cccc(Cl)c4)nc23)C(=O)N1.C=C1C/C(=C\c2cnn3c(NCC4(CO)CCCC4)cc(Nc4cccc(Cl)c4)nc23)C(=O)N1.C=C1NC(=O)C/C1=C\c1cnn2c(N[C@@H](C)C3CC3)cc(Nc3cccc(Cl)c3)nc12. The molecule has 12 heterocycles. The van der Waals surface area contributed by atoms with Crippen molar-refractivity contribution < 1.29 is 29.4 Å². The highest BCUT2D eigenvalue weighted by molar-refractivity contribution is 6.32. The minimum atomic E-state index is -0.323. The zero-order valence-electron chi connectivity index (χ0n) is 73.8. The lowest BCUT2D eigenvalue weighted by Gasteiger charge is -2.28. The number of hydrogen-bond donors (Lipinski definition) is 14. The largest absolute Gasteiger partial charge is 0.396 e. The summed E-state index contributed by atoms with van der Waals surface area (Å²) in [5.41, 5.74) is 13.7. The Hall–Kier alpha value is -13.4. The quantitative estimate of drug-likeness (QED) is 0.0203. The van der Waals surface area contributed by atoms with Crippen LogP contribution in [-0.4, -0.2) is 156 Å². The molecule has 12 aromatic rings. The third-order valence-electron chi connectivity index (χ3n) is 23.1. The molecule has 2 aliphatic carbocycles. The average Bonchev–Trinajstić information content (AvgIpc) is 1.66. The maximum Gasteiger partial charge on any atom is 0.251 e. The molecule has 6 fully saturated rings. The molecule has 6 aliphatic rings. The molecular formula is C96H105Cl4N25O6. The lowest BCUT2D eigenvalue weighted by molar-refractivity contribution is -0.119. The summed E-state index contributed by atoms with van der Waals surface area (Å²) in [6, 6.07) is 38.1. The number of aliphatic hydroxyl groups excluding tert-OH is 2. The van der Waals surface area contributed by atoms with E-state index in [1.54, 1.807) is 55.0 Å². The van der Waals surface area contributed by atoms with Gasteiger partial charge in [-0.1, -0.05) is 138 Å². The number of aliphatic hydroxyl groups is 2. The topological polar surface area (TPSA) is 377 Å². The van der Waals surface area contributed by atoms with Gasteiger partial charge in [0.1, 0.15) is 46.5 Å². The fourth-order valence-electron chi connectivity index (χ4n) is 15.9. The van der Waals surface area contributed by atoms with Gasteiger partial charge >= 0.3 is 0 Å². The number of benzene rings is 4. The van der Waals surface area contributed by atoms with Crippen LogP contribution in [0.15, 0.2) is 218 Å². The minimum absolute atomic E-state index is 0.0390. The normalized spacial score (nSPS) is 17.1. The average molecular weight is 1850 g/mol. The van der Waals surface area contributed by atoms with Crippen LogP contribution in [0.2, 0.25) is 20.1 Å². The van der Waals surface area contributed by atoms with E-state index in [4.69, 9.17) is 66.3 Å². The summed E-state index contributed by atoms with van der Waals surface area (Å²) in [4.78, 5) is 69.6. The molecule has 31 nitrogen and oxygen atoms in total. The smallest absolute Gasteiger partial charge is 0.251 e. The third-order valence-corrected chi connectivity index (χ3v) is 24.1. The standard InChI is InChI=1S/C25H30ClN7O.C25H27ClN6O2.C23H25ClN6O2.C23H23ClN6O/c1-15(2)21(32(4)5)14-27-23-12-22(30-20-8-6-7-19(26)11-20)31-24-18(13-28-33(23)24)10-17-9-16(3)29-25(17)34;1-16-9-17(24(34)29-16)10-18-13-28-32-22(27-14-25(15-33)7-2-3-8-25)12-21(31-23(18)32)30-20-6-4-5-19(26)11-20;1-14-7-15(22(32)27-14)8-16-11-26-30-20(25-12-23(2,3)13-31)10-19(29-21(16)30)28-18-6-4-5-17(24)9-18;1-13(15-6-7-15)26-21-11-20(28-19-5-3-4-18(24)10-19)29-23-17(12-25-30(21)23)8-16-9-22(31)27-14(16)2/h6-8,10-13,15,21,27H,3,9,14H2,1-2,4-5H3,(H,29,34)(H,30,31);4-6,10-13,27,33H,1-3,7-9,14-15H2,(H,29,34)(H,30,31);4-6,8-11,25,31H,1,7,12-13H2,2-3H3,(H,27,32)(H,28,29);3-5,8,10-13,15,26H,2,6-7,9H2,1H3,(H,27,31)(H,28,29)/b2*17-10+;15-8+;16-8+/t;;;13-/m...0/s1. The molecule has 4 amide bonds. The van der Waals surface area contributed by atoms with Gasteiger partial charge in [-0.2, -0.15) is 38.5 Å². The van der Waals surface area contributed by atoms with Crippen LogP contribution < -0.4 is 63.8 Å². The van der Waals surface area contributed by atoms with Crippen LogP contribution in [0.25, 0.3) is 46.9 Å². The summed E-state index contributed by atoms with van der Waals surface area (Å²) in [7, 11) is 4.17. The second-order valence-electron chi connectivity index (χ2n) is 34.9. The molecule has 4 aliphatic heterocycles. The number of fused-ring (bicyclic) bond motifs is 4. The van der Waals surface area contributed by atoms with Crippen LogP contribution in [0.1, 0.15) is 121 Å². The Kier molecular flexibility index (Phi) is 28.4. The number of aromatic nitrogens is 12. The van der Waals surface area contributed by atoms with Gasteiger partial charge in [0.05, 0.1) is 37.8 Å². The molecule has 1 unspecified atom stereocenters. The Morgan fingerprint density at radius 1 is 0.496 bits per heavy atom. The lowest BCUT2D eigenvalue weighted by atomic mass is 9.87. The molecule has 8 aromatic heterocycles. The number of likely N-dealkylation sites (N-methyl/N-ethyl adjacent to an activating group) is 1. The van der Waals surface area contributed by atoms with Gasteiger partial charge in [-0.15, -0.1) is 0 Å². The molecule has 131 heavy (non-hydrogen) atoms. The zero-order valence-corrected chi connectivity index (χ0v) is 76.8. The number of nitrogens with one attached hydrogen (secondary N) is 12. The molecular weight excluding hydrogens is 1740 g/mol. The fourth-order valence-corrected chi connectivity index (χ4v) is 16.6. The summed E-state index contributed by atoms with van der Waals surface area (Å²) in [5.74, 6) is 6.28. The van der Waals surface area contributed by atoms with Gasteiger partial charge in [-0.3, -0.25) is 19.2 Å². The fraction of sp³-hybridized carbons (Fsp3) is 0.292. The third kappa shape index (κ3) is 23.1. The first kappa shape index (κ1) is 92.3. The number of halogens is 4. The van der Waals surface area contributed by atoms with Crippen LogP contribution in [0, 0.1) is 22.7 Å². The van der Waals surface area contributed by atoms with Crippen molar-refractivity contribution in [3.8, 4) is 0 Å². The van der Waals surface area contributed by atoms with Crippen LogP contribution in [0.3, 0.4) is 0 Å². The van der Waals surface area contributed by atoms with Crippen LogP contribution in [0.5, 0.6) is 0 Å². The number of anilines is 12. The summed E-state index contributed by atoms with van der Waals surface area (Å²) >= 11 is 24.6. The molecule has 0 spiro atoms. The maximum absolute atomic E-state index is 12.2. The predicted molar refractivity (Wildman–Crippen MR) is 523 cm³/mol. The summed E-state index contributed by atoms with van der Waals surface area (Å²) in [6.07, 6.45) is 22.7. The van der Waals surface area contributed by atoms with E-state index in [0.29, 0.717) is 180 Å². The molecule has 2 saturated carbocycles. The number of allylic oxidation sites excluding steroid dienone is 4. The molecule has 14 N–H and O–H groups in total. The molecule has 4 saturated heterocycles. The Balaban J connectivity index is 0.000000134. The van der Waals surface area contributed by atoms with E-state index in [1.807, 2.05) is 147 Å². The first-order chi connectivity index (χ1) is 62.8. The summed E-state index contributed by atoms with van der Waals surface area (Å²) in [6.45, 7) is 28.1. The van der Waals surface area contributed by atoms with Crippen molar-refractivity contribution in [2.45, 2.75) is 111 Å². The number of carbonyl (C=O) groups is 4. The molecule has 35 heteroatoms. The van der Waals surface area contributed by atoms with Crippen molar-refractivity contribution in [3.05, 3.63) is 260 Å². The number of hydrogen-bond acceptors (Lipinski definition) is 23. The van der Waals surface area contributed by atoms with Gasteiger partial charge in [-0.25, -0.2) is 19.9 Å². The summed E-state index contributed by atoms with van der Waals surface area (Å²) in [5, 5.41) is 78.6. The Labute approximate surface area is 778 Å². The van der Waals surface area contributed by atoms with Crippen molar-refractivity contribution in [1.29, 1.82) is 0 Å². The Bertz CT molecular complexity index is 6560. The first-order valence-electron chi connectivity index (χ1n) is 43.2. The van der Waals surface area contributed by atoms with E-state index in [1.165, 1.54) is 12.8 Å². The van der Waals surface area contributed by atoms with E-state index in [2.05, 4.69) is 150 Å². The Morgan fingerprint density at radius 2 is 0.855 bits per heavy atom. The monoisotopic (exact) mass is 1840 g/mol. The first-order valence-corrected chi connectivity index (χ1v) is 44.7. The van der Waals surface area contributed by atoms with Gasteiger partial charge in [0, 0.05) is 197 Å². The number of rotatable bonds is 28. The van der Waals surface area contributed by atoms with Crippen molar-refractivity contribution in [3.63, 3.8) is 0 Å². The highest BCUT2D eigenvalue weighted by Crippen LogP contribution is 2.40. The van der Waals surface area contributed by atoms with E-state index >= 15 is 0 Å². The van der Waals surface area contributed by atoms with Crippen molar-refractivity contribution in [2.24, 2.45) is 22.7 Å². The maximum atomic E-state index is 12.2. The van der Waals surface area contributed by atoms with Crippen molar-refractivity contribution in [2.75, 3.05) is 89.5 Å². The lowest BCUT2D eigenvalue weighted by Crippen LogP contribution is -2.39. The van der Waals surface area contributed by atoms with Gasteiger partial charge in [-0.05, 0) is 161 Å². The van der Waals surface area contributed by atoms with Crippen LogP contribution in [0.4, 0.5) is 69.3 Å². The molecule has 4 aromatic carbocycles. The second kappa shape index (κ2) is 40.3. The predicted octanol–water partition coefficient (Wildman–Crippen LogP) is 17.8. The second-order valence-corrected chi connectivity index (χ2v) is 36.6. The van der Waals surface area contributed by atoms with E-state index < -0.39 is 0 Å². The molecule has 0 radical (unpaired) electrons. The number of carbonyl (C=O) groups excluding carboxylic acids is 4. The summed E-state index contributed by atoms with van der Waals surface area (Å²) < 4.78 is 6.99. The van der Waals surface area contributed by atoms with Gasteiger partial charge in [0.2, 0.25) is 5.91 Å². The number of amides is 4. The van der Waals surface area contributed by atoms with Crippen molar-refractivity contribution in [1.82, 2.24) is 84.6 Å². The highest BCUT2D eigenvalue weighted by atomic mass is 35.5.